The van der Waals surface area contributed by atoms with Crippen molar-refractivity contribution >= 4 is 34.0 Å². The number of urea groups is 1. The molecule has 6 heteroatoms. The maximum Gasteiger partial charge on any atom is 0.341 e. The van der Waals surface area contributed by atoms with Gasteiger partial charge in [-0.1, -0.05) is 13.8 Å². The predicted molar refractivity (Wildman–Crippen MR) is 59.1 cm³/mol. The van der Waals surface area contributed by atoms with Crippen molar-refractivity contribution in [2.75, 3.05) is 0 Å². The van der Waals surface area contributed by atoms with Crippen LogP contribution in [0.2, 0.25) is 0 Å². The van der Waals surface area contributed by atoms with Gasteiger partial charge in [-0.05, 0) is 12.8 Å². The highest BCUT2D eigenvalue weighted by atomic mass is 79.9. The van der Waals surface area contributed by atoms with Crippen LogP contribution in [0.25, 0.3) is 0 Å². The van der Waals surface area contributed by atoms with Crippen molar-refractivity contribution in [1.82, 2.24) is 9.24 Å². The molecule has 0 spiro atoms. The molecule has 4 amide bonds. The van der Waals surface area contributed by atoms with Crippen LogP contribution in [-0.2, 0) is 9.59 Å². The van der Waals surface area contributed by atoms with Gasteiger partial charge in [0, 0.05) is 12.8 Å². The second-order valence-electron chi connectivity index (χ2n) is 3.11. The van der Waals surface area contributed by atoms with Crippen molar-refractivity contribution in [2.24, 2.45) is 5.92 Å². The van der Waals surface area contributed by atoms with Crippen LogP contribution in [0.1, 0.15) is 33.6 Å². The molecule has 0 aliphatic heterocycles. The fourth-order valence-electron chi connectivity index (χ4n) is 1.06. The Balaban J connectivity index is 4.29. The monoisotopic (exact) mass is 278 g/mol. The van der Waals surface area contributed by atoms with Crippen LogP contribution in [-0.4, -0.2) is 21.8 Å². The first-order valence-corrected chi connectivity index (χ1v) is 5.46. The Morgan fingerprint density at radius 1 is 1.27 bits per heavy atom. The van der Waals surface area contributed by atoms with Gasteiger partial charge in [0.1, 0.15) is 0 Å². The molecular weight excluding hydrogens is 264 g/mol. The second kappa shape index (κ2) is 6.55. The van der Waals surface area contributed by atoms with E-state index in [0.29, 0.717) is 16.8 Å². The summed E-state index contributed by atoms with van der Waals surface area (Å²) < 4.78 is 0.688. The van der Waals surface area contributed by atoms with Gasteiger partial charge in [0.15, 0.2) is 0 Å². The SMILES string of the molecule is CCC(CC)C(=O)NC(=O)N(Br)C(C)=O. The highest BCUT2D eigenvalue weighted by Crippen LogP contribution is 2.08. The summed E-state index contributed by atoms with van der Waals surface area (Å²) in [4.78, 5) is 33.5. The lowest BCUT2D eigenvalue weighted by molar-refractivity contribution is -0.124. The fraction of sp³-hybridized carbons (Fsp3) is 0.667. The van der Waals surface area contributed by atoms with Crippen molar-refractivity contribution in [2.45, 2.75) is 33.6 Å². The number of rotatable bonds is 3. The van der Waals surface area contributed by atoms with Gasteiger partial charge in [0.05, 0.1) is 16.1 Å². The maximum atomic E-state index is 11.5. The summed E-state index contributed by atoms with van der Waals surface area (Å²) in [6.45, 7) is 4.96. The number of halogens is 1. The van der Waals surface area contributed by atoms with Gasteiger partial charge in [0.25, 0.3) is 0 Å². The van der Waals surface area contributed by atoms with Gasteiger partial charge in [0.2, 0.25) is 11.8 Å². The summed E-state index contributed by atoms with van der Waals surface area (Å²) in [6.07, 6.45) is 1.33. The Hall–Kier alpha value is -0.910. The third kappa shape index (κ3) is 4.42. The van der Waals surface area contributed by atoms with E-state index in [1.54, 1.807) is 0 Å². The topological polar surface area (TPSA) is 66.5 Å². The lowest BCUT2D eigenvalue weighted by Gasteiger charge is -2.14. The van der Waals surface area contributed by atoms with Crippen molar-refractivity contribution in [3.8, 4) is 0 Å². The molecule has 0 unspecified atom stereocenters. The van der Waals surface area contributed by atoms with E-state index in [1.165, 1.54) is 6.92 Å². The molecule has 1 N–H and O–H groups in total. The molecule has 15 heavy (non-hydrogen) atoms. The van der Waals surface area contributed by atoms with Gasteiger partial charge in [-0.25, -0.2) is 4.79 Å². The molecule has 0 aliphatic carbocycles. The number of hydrogen-bond acceptors (Lipinski definition) is 3. The Morgan fingerprint density at radius 2 is 1.73 bits per heavy atom. The molecule has 0 heterocycles. The van der Waals surface area contributed by atoms with Crippen molar-refractivity contribution in [3.05, 3.63) is 0 Å². The standard InChI is InChI=1S/C9H15BrN2O3/c1-4-7(5-2)8(14)11-9(15)12(10)6(3)13/h7H,4-5H2,1-3H3,(H,11,14,15). The van der Waals surface area contributed by atoms with Crippen molar-refractivity contribution < 1.29 is 14.4 Å². The first-order valence-electron chi connectivity index (χ1n) is 4.75. The molecule has 0 atom stereocenters. The molecule has 0 bridgehead atoms. The fourth-order valence-corrected chi connectivity index (χ4v) is 1.15. The zero-order valence-electron chi connectivity index (χ0n) is 9.04. The number of amides is 4. The minimum Gasteiger partial charge on any atom is -0.277 e. The average Bonchev–Trinajstić information content (AvgIpc) is 2.18. The quantitative estimate of drug-likeness (QED) is 0.801. The summed E-state index contributed by atoms with van der Waals surface area (Å²) in [6, 6.07) is -0.751. The smallest absolute Gasteiger partial charge is 0.277 e. The number of imide groups is 2. The first-order chi connectivity index (χ1) is 6.93. The molecule has 0 rings (SSSR count). The van der Waals surface area contributed by atoms with Crippen LogP contribution in [0.4, 0.5) is 4.79 Å². The number of carbonyl (C=O) groups is 3. The van der Waals surface area contributed by atoms with Gasteiger partial charge < -0.3 is 0 Å². The predicted octanol–water partition coefficient (Wildman–Crippen LogP) is 1.82. The first kappa shape index (κ1) is 14.1. The molecule has 0 aromatic heterocycles. The molecule has 0 saturated heterocycles. The number of carbonyl (C=O) groups excluding carboxylic acids is 3. The molecule has 0 aromatic carbocycles. The number of nitrogens with one attached hydrogen (secondary N) is 1. The minimum absolute atomic E-state index is 0.193. The van der Waals surface area contributed by atoms with E-state index in [-0.39, 0.29) is 11.8 Å². The van der Waals surface area contributed by atoms with Crippen LogP contribution in [0.3, 0.4) is 0 Å². The van der Waals surface area contributed by atoms with E-state index in [9.17, 15) is 14.4 Å². The zero-order chi connectivity index (χ0) is 12.0. The third-order valence-electron chi connectivity index (χ3n) is 2.04. The Bertz CT molecular complexity index is 264. The molecular formula is C9H15BrN2O3. The summed E-state index contributed by atoms with van der Waals surface area (Å²) >= 11 is 2.75. The highest BCUT2D eigenvalue weighted by Gasteiger charge is 2.21. The summed E-state index contributed by atoms with van der Waals surface area (Å²) in [5, 5.41) is 2.14. The second-order valence-corrected chi connectivity index (χ2v) is 3.82. The minimum atomic E-state index is -0.751. The van der Waals surface area contributed by atoms with Crippen LogP contribution in [0, 0.1) is 5.92 Å². The molecule has 86 valence electrons. The van der Waals surface area contributed by atoms with Gasteiger partial charge in [-0.15, -0.1) is 0 Å². The summed E-state index contributed by atoms with van der Waals surface area (Å²) in [5.41, 5.74) is 0. The van der Waals surface area contributed by atoms with E-state index >= 15 is 0 Å². The average molecular weight is 279 g/mol. The van der Waals surface area contributed by atoms with Gasteiger partial charge >= 0.3 is 6.03 Å². The normalized spacial score (nSPS) is 9.93. The van der Waals surface area contributed by atoms with Crippen LogP contribution < -0.4 is 5.32 Å². The lowest BCUT2D eigenvalue weighted by Crippen LogP contribution is -2.42. The van der Waals surface area contributed by atoms with E-state index in [0.717, 1.165) is 0 Å². The largest absolute Gasteiger partial charge is 0.341 e. The van der Waals surface area contributed by atoms with Crippen molar-refractivity contribution in [3.63, 3.8) is 0 Å². The van der Waals surface area contributed by atoms with Crippen molar-refractivity contribution in [1.29, 1.82) is 0 Å². The van der Waals surface area contributed by atoms with E-state index in [2.05, 4.69) is 21.5 Å². The molecule has 0 aliphatic rings. The lowest BCUT2D eigenvalue weighted by atomic mass is 10.0. The van der Waals surface area contributed by atoms with E-state index < -0.39 is 11.9 Å². The molecule has 0 fully saturated rings. The summed E-state index contributed by atoms with van der Waals surface area (Å²) in [5.74, 6) is -1.03. The molecule has 0 radical (unpaired) electrons. The third-order valence-corrected chi connectivity index (χ3v) is 2.86. The molecule has 0 aromatic rings. The van der Waals surface area contributed by atoms with Crippen LogP contribution >= 0.6 is 16.1 Å². The molecule has 0 saturated carbocycles. The zero-order valence-corrected chi connectivity index (χ0v) is 10.6. The van der Waals surface area contributed by atoms with E-state index in [4.69, 9.17) is 0 Å². The Kier molecular flexibility index (Phi) is 6.15. The van der Waals surface area contributed by atoms with Crippen LogP contribution in [0.5, 0.6) is 0 Å². The van der Waals surface area contributed by atoms with Gasteiger partial charge in [-0.3, -0.25) is 14.9 Å². The Morgan fingerprint density at radius 3 is 2.07 bits per heavy atom. The highest BCUT2D eigenvalue weighted by molar-refractivity contribution is 9.08. The van der Waals surface area contributed by atoms with E-state index in [1.807, 2.05) is 13.8 Å². The van der Waals surface area contributed by atoms with Crippen LogP contribution in [0.15, 0.2) is 0 Å². The number of hydrogen-bond donors (Lipinski definition) is 1. The van der Waals surface area contributed by atoms with Gasteiger partial charge in [-0.2, -0.15) is 3.93 Å². The molecule has 5 nitrogen and oxygen atoms in total. The Labute approximate surface area is 97.5 Å². The number of nitrogens with zero attached hydrogens (tertiary/aromatic N) is 1. The maximum absolute atomic E-state index is 11.5. The summed E-state index contributed by atoms with van der Waals surface area (Å²) in [7, 11) is 0.